The molecule has 0 bridgehead atoms. The van der Waals surface area contributed by atoms with E-state index in [-0.39, 0.29) is 17.9 Å². The predicted molar refractivity (Wildman–Crippen MR) is 70.0 cm³/mol. The molecule has 1 atom stereocenters. The fourth-order valence-electron chi connectivity index (χ4n) is 2.16. The van der Waals surface area contributed by atoms with Gasteiger partial charge in [-0.3, -0.25) is 14.5 Å². The summed E-state index contributed by atoms with van der Waals surface area (Å²) in [5.41, 5.74) is 0.559. The normalized spacial score (nSPS) is 18.7. The van der Waals surface area contributed by atoms with E-state index >= 15 is 0 Å². The molecule has 0 aliphatic carbocycles. The molecule has 0 unspecified atom stereocenters. The fourth-order valence-corrected chi connectivity index (χ4v) is 2.16. The van der Waals surface area contributed by atoms with Crippen LogP contribution in [-0.4, -0.2) is 22.8 Å². The lowest BCUT2D eigenvalue weighted by molar-refractivity contribution is -0.123. The summed E-state index contributed by atoms with van der Waals surface area (Å²) in [5, 5.41) is 0. The van der Waals surface area contributed by atoms with Crippen LogP contribution in [0.3, 0.4) is 0 Å². The molecule has 0 N–H and O–H groups in total. The van der Waals surface area contributed by atoms with Crippen LogP contribution in [-0.2, 0) is 4.79 Å². The number of carbonyl (C=O) groups is 2. The molecule has 0 saturated carbocycles. The third kappa shape index (κ3) is 2.50. The maximum Gasteiger partial charge on any atom is 0.261 e. The first-order chi connectivity index (χ1) is 8.59. The van der Waals surface area contributed by atoms with Crippen LogP contribution >= 0.6 is 0 Å². The van der Waals surface area contributed by atoms with Gasteiger partial charge in [0.25, 0.3) is 11.8 Å². The van der Waals surface area contributed by atoms with Crippen molar-refractivity contribution in [1.29, 1.82) is 0 Å². The van der Waals surface area contributed by atoms with Gasteiger partial charge in [0.1, 0.15) is 0 Å². The molecule has 1 aromatic rings. The van der Waals surface area contributed by atoms with E-state index in [0.29, 0.717) is 11.5 Å². The molecular weight excluding hydrogens is 226 g/mol. The summed E-state index contributed by atoms with van der Waals surface area (Å²) in [7, 11) is 0. The number of benzene rings is 1. The summed E-state index contributed by atoms with van der Waals surface area (Å²) < 4.78 is 0. The lowest BCUT2D eigenvalue weighted by atomic mass is 10.0. The van der Waals surface area contributed by atoms with Crippen molar-refractivity contribution in [3.8, 4) is 0 Å². The number of amides is 2. The maximum atomic E-state index is 12.3. The van der Waals surface area contributed by atoms with Gasteiger partial charge in [-0.15, -0.1) is 0 Å². The molecule has 1 aliphatic heterocycles. The zero-order chi connectivity index (χ0) is 13.1. The average Bonchev–Trinajstić information content (AvgIpc) is 2.70. The van der Waals surface area contributed by atoms with E-state index in [1.165, 1.54) is 11.0 Å². The summed E-state index contributed by atoms with van der Waals surface area (Å²) in [4.78, 5) is 25.5. The largest absolute Gasteiger partial charge is 0.269 e. The van der Waals surface area contributed by atoms with Gasteiger partial charge in [-0.1, -0.05) is 38.1 Å². The molecule has 3 heteroatoms. The molecule has 0 radical (unpaired) electrons. The number of carbonyl (C=O) groups excluding carboxylic acids is 2. The lowest BCUT2D eigenvalue weighted by Crippen LogP contribution is -2.40. The standard InChI is InChI=1S/C15H17NO2/c1-11(2)10-13-8-9-14(17)16(13)15(18)12-6-4-3-5-7-12/h3-9,11,13H,10H2,1-2H3/t13-/m1/s1. The Morgan fingerprint density at radius 3 is 2.56 bits per heavy atom. The number of hydrogen-bond donors (Lipinski definition) is 0. The molecule has 1 heterocycles. The molecule has 0 spiro atoms. The van der Waals surface area contributed by atoms with Crippen molar-refractivity contribution in [2.24, 2.45) is 5.92 Å². The van der Waals surface area contributed by atoms with Gasteiger partial charge in [0.2, 0.25) is 0 Å². The molecule has 2 amide bonds. The predicted octanol–water partition coefficient (Wildman–Crippen LogP) is 2.64. The van der Waals surface area contributed by atoms with E-state index in [1.54, 1.807) is 24.3 Å². The van der Waals surface area contributed by atoms with Crippen LogP contribution in [0.1, 0.15) is 30.6 Å². The van der Waals surface area contributed by atoms with Gasteiger partial charge in [-0.25, -0.2) is 0 Å². The molecule has 0 aromatic heterocycles. The van der Waals surface area contributed by atoms with Crippen molar-refractivity contribution in [3.05, 3.63) is 48.0 Å². The summed E-state index contributed by atoms with van der Waals surface area (Å²) in [6.45, 7) is 4.17. The lowest BCUT2D eigenvalue weighted by Gasteiger charge is -2.24. The molecule has 0 saturated heterocycles. The summed E-state index contributed by atoms with van der Waals surface area (Å²) in [5.74, 6) is 0.0161. The smallest absolute Gasteiger partial charge is 0.261 e. The highest BCUT2D eigenvalue weighted by molar-refractivity contribution is 6.09. The van der Waals surface area contributed by atoms with Crippen molar-refractivity contribution < 1.29 is 9.59 Å². The van der Waals surface area contributed by atoms with Gasteiger partial charge in [-0.2, -0.15) is 0 Å². The average molecular weight is 243 g/mol. The molecule has 1 aliphatic rings. The van der Waals surface area contributed by atoms with Crippen LogP contribution in [0.5, 0.6) is 0 Å². The quantitative estimate of drug-likeness (QED) is 0.765. The number of rotatable bonds is 3. The molecule has 18 heavy (non-hydrogen) atoms. The second-order valence-corrected chi connectivity index (χ2v) is 4.94. The van der Waals surface area contributed by atoms with E-state index < -0.39 is 0 Å². The van der Waals surface area contributed by atoms with Crippen molar-refractivity contribution in [2.45, 2.75) is 26.3 Å². The minimum Gasteiger partial charge on any atom is -0.269 e. The third-order valence-corrected chi connectivity index (χ3v) is 2.98. The second kappa shape index (κ2) is 5.17. The molecule has 2 rings (SSSR count). The van der Waals surface area contributed by atoms with Gasteiger partial charge < -0.3 is 0 Å². The van der Waals surface area contributed by atoms with Crippen molar-refractivity contribution in [3.63, 3.8) is 0 Å². The Labute approximate surface area is 107 Å². The summed E-state index contributed by atoms with van der Waals surface area (Å²) in [6.07, 6.45) is 4.12. The van der Waals surface area contributed by atoms with Crippen LogP contribution in [0.15, 0.2) is 42.5 Å². The first-order valence-electron chi connectivity index (χ1n) is 6.20. The Balaban J connectivity index is 2.20. The Morgan fingerprint density at radius 1 is 1.28 bits per heavy atom. The van der Waals surface area contributed by atoms with Crippen molar-refractivity contribution in [2.75, 3.05) is 0 Å². The molecule has 94 valence electrons. The van der Waals surface area contributed by atoms with E-state index in [0.717, 1.165) is 6.42 Å². The maximum absolute atomic E-state index is 12.3. The van der Waals surface area contributed by atoms with Crippen LogP contribution < -0.4 is 0 Å². The number of imide groups is 1. The molecular formula is C15H17NO2. The minimum absolute atomic E-state index is 0.106. The Hall–Kier alpha value is -1.90. The Morgan fingerprint density at radius 2 is 1.94 bits per heavy atom. The zero-order valence-corrected chi connectivity index (χ0v) is 10.7. The molecule has 3 nitrogen and oxygen atoms in total. The summed E-state index contributed by atoms with van der Waals surface area (Å²) >= 11 is 0. The van der Waals surface area contributed by atoms with Gasteiger partial charge in [-0.05, 0) is 24.5 Å². The minimum atomic E-state index is -0.213. The van der Waals surface area contributed by atoms with E-state index in [4.69, 9.17) is 0 Å². The first-order valence-corrected chi connectivity index (χ1v) is 6.20. The van der Waals surface area contributed by atoms with Crippen molar-refractivity contribution >= 4 is 11.8 Å². The number of hydrogen-bond acceptors (Lipinski definition) is 2. The third-order valence-electron chi connectivity index (χ3n) is 2.98. The summed E-state index contributed by atoms with van der Waals surface area (Å²) in [6, 6.07) is 8.83. The monoisotopic (exact) mass is 243 g/mol. The highest BCUT2D eigenvalue weighted by Gasteiger charge is 2.32. The highest BCUT2D eigenvalue weighted by Crippen LogP contribution is 2.21. The fraction of sp³-hybridized carbons (Fsp3) is 0.333. The Bertz CT molecular complexity index is 477. The molecule has 0 fully saturated rings. The zero-order valence-electron chi connectivity index (χ0n) is 10.7. The Kier molecular flexibility index (Phi) is 3.60. The van der Waals surface area contributed by atoms with Crippen LogP contribution in [0.2, 0.25) is 0 Å². The molecule has 1 aromatic carbocycles. The second-order valence-electron chi connectivity index (χ2n) is 4.94. The number of nitrogens with zero attached hydrogens (tertiary/aromatic N) is 1. The van der Waals surface area contributed by atoms with E-state index in [1.807, 2.05) is 12.1 Å². The van der Waals surface area contributed by atoms with Crippen LogP contribution in [0, 0.1) is 5.92 Å². The van der Waals surface area contributed by atoms with Gasteiger partial charge in [0.15, 0.2) is 0 Å². The van der Waals surface area contributed by atoms with Crippen molar-refractivity contribution in [1.82, 2.24) is 4.90 Å². The van der Waals surface area contributed by atoms with E-state index in [2.05, 4.69) is 13.8 Å². The van der Waals surface area contributed by atoms with Crippen LogP contribution in [0.25, 0.3) is 0 Å². The SMILES string of the molecule is CC(C)C[C@H]1C=CC(=O)N1C(=O)c1ccccc1. The highest BCUT2D eigenvalue weighted by atomic mass is 16.2. The topological polar surface area (TPSA) is 37.4 Å². The van der Waals surface area contributed by atoms with E-state index in [9.17, 15) is 9.59 Å². The van der Waals surface area contributed by atoms with Gasteiger partial charge in [0.05, 0.1) is 6.04 Å². The van der Waals surface area contributed by atoms with Gasteiger partial charge in [0, 0.05) is 11.6 Å². The first kappa shape index (κ1) is 12.6. The van der Waals surface area contributed by atoms with Crippen LogP contribution in [0.4, 0.5) is 0 Å². The van der Waals surface area contributed by atoms with Gasteiger partial charge >= 0.3 is 0 Å².